The Morgan fingerprint density at radius 1 is 1.18 bits per heavy atom. The maximum Gasteiger partial charge on any atom is 0.181 e. The molecule has 0 bridgehead atoms. The molecule has 0 aromatic heterocycles. The Morgan fingerprint density at radius 2 is 1.94 bits per heavy atom. The van der Waals surface area contributed by atoms with Gasteiger partial charge >= 0.3 is 0 Å². The third kappa shape index (κ3) is 3.28. The zero-order valence-corrected chi connectivity index (χ0v) is 10.0. The quantitative estimate of drug-likeness (QED) is 0.697. The number of aryl methyl sites for hydroxylation is 1. The Bertz CT molecular complexity index is 487. The van der Waals surface area contributed by atoms with Crippen molar-refractivity contribution in [3.63, 3.8) is 0 Å². The lowest BCUT2D eigenvalue weighted by molar-refractivity contribution is -0.111. The fourth-order valence-corrected chi connectivity index (χ4v) is 1.78. The van der Waals surface area contributed by atoms with Gasteiger partial charge < -0.3 is 0 Å². The number of hydrogen-bond donors (Lipinski definition) is 0. The molecule has 17 heavy (non-hydrogen) atoms. The summed E-state index contributed by atoms with van der Waals surface area (Å²) in [6, 6.07) is 8.32. The molecule has 0 atom stereocenters. The summed E-state index contributed by atoms with van der Waals surface area (Å²) < 4.78 is 0. The molecule has 0 saturated carbocycles. The number of benzene rings is 1. The van der Waals surface area contributed by atoms with Crippen molar-refractivity contribution >= 4 is 11.9 Å². The Balaban J connectivity index is 2.06. The van der Waals surface area contributed by atoms with E-state index in [0.717, 1.165) is 24.0 Å². The van der Waals surface area contributed by atoms with Crippen LogP contribution < -0.4 is 0 Å². The molecule has 0 radical (unpaired) electrons. The fourth-order valence-electron chi connectivity index (χ4n) is 1.78. The molecule has 0 amide bonds. The molecule has 2 rings (SSSR count). The van der Waals surface area contributed by atoms with Gasteiger partial charge in [0.1, 0.15) is 0 Å². The van der Waals surface area contributed by atoms with Crippen molar-refractivity contribution in [1.82, 2.24) is 0 Å². The van der Waals surface area contributed by atoms with Gasteiger partial charge in [0, 0.05) is 0 Å². The van der Waals surface area contributed by atoms with Crippen LogP contribution in [-0.2, 0) is 4.79 Å². The second-order valence-electron chi connectivity index (χ2n) is 4.27. The van der Waals surface area contributed by atoms with Gasteiger partial charge in [-0.05, 0) is 37.0 Å². The van der Waals surface area contributed by atoms with Crippen molar-refractivity contribution in [3.05, 3.63) is 65.3 Å². The SMILES string of the molecule is Cc1ccc(/C=C/C=C2\CCC=CC2=O)cc1. The average Bonchev–Trinajstić information content (AvgIpc) is 2.34. The molecule has 1 aliphatic rings. The van der Waals surface area contributed by atoms with Crippen LogP contribution in [0.3, 0.4) is 0 Å². The summed E-state index contributed by atoms with van der Waals surface area (Å²) in [5.41, 5.74) is 3.32. The Morgan fingerprint density at radius 3 is 2.65 bits per heavy atom. The maximum absolute atomic E-state index is 11.5. The van der Waals surface area contributed by atoms with Gasteiger partial charge in [0.25, 0.3) is 0 Å². The van der Waals surface area contributed by atoms with Crippen molar-refractivity contribution in [2.45, 2.75) is 19.8 Å². The lowest BCUT2D eigenvalue weighted by atomic mass is 9.99. The van der Waals surface area contributed by atoms with Crippen LogP contribution in [0.25, 0.3) is 6.08 Å². The van der Waals surface area contributed by atoms with Crippen molar-refractivity contribution in [2.75, 3.05) is 0 Å². The predicted molar refractivity (Wildman–Crippen MR) is 71.7 cm³/mol. The van der Waals surface area contributed by atoms with E-state index >= 15 is 0 Å². The van der Waals surface area contributed by atoms with E-state index in [0.29, 0.717) is 0 Å². The van der Waals surface area contributed by atoms with Crippen LogP contribution in [0.1, 0.15) is 24.0 Å². The largest absolute Gasteiger partial charge is 0.290 e. The van der Waals surface area contributed by atoms with E-state index in [9.17, 15) is 4.79 Å². The van der Waals surface area contributed by atoms with Crippen LogP contribution >= 0.6 is 0 Å². The molecule has 1 aromatic carbocycles. The highest BCUT2D eigenvalue weighted by atomic mass is 16.1. The molecule has 1 aliphatic carbocycles. The second-order valence-corrected chi connectivity index (χ2v) is 4.27. The first-order valence-corrected chi connectivity index (χ1v) is 5.90. The van der Waals surface area contributed by atoms with Crippen LogP contribution in [0.2, 0.25) is 0 Å². The van der Waals surface area contributed by atoms with Crippen LogP contribution in [0, 0.1) is 6.92 Å². The van der Waals surface area contributed by atoms with Gasteiger partial charge in [-0.3, -0.25) is 4.79 Å². The normalized spacial score (nSPS) is 18.2. The van der Waals surface area contributed by atoms with Gasteiger partial charge in [-0.2, -0.15) is 0 Å². The third-order valence-corrected chi connectivity index (χ3v) is 2.83. The van der Waals surface area contributed by atoms with Gasteiger partial charge in [-0.15, -0.1) is 0 Å². The second kappa shape index (κ2) is 5.44. The van der Waals surface area contributed by atoms with E-state index in [-0.39, 0.29) is 5.78 Å². The van der Waals surface area contributed by atoms with Crippen LogP contribution in [0.5, 0.6) is 0 Å². The number of hydrogen-bond acceptors (Lipinski definition) is 1. The molecular weight excluding hydrogens is 208 g/mol. The van der Waals surface area contributed by atoms with E-state index in [4.69, 9.17) is 0 Å². The summed E-state index contributed by atoms with van der Waals surface area (Å²) in [4.78, 5) is 11.5. The van der Waals surface area contributed by atoms with Crippen molar-refractivity contribution in [2.24, 2.45) is 0 Å². The van der Waals surface area contributed by atoms with Gasteiger partial charge in [0.2, 0.25) is 0 Å². The predicted octanol–water partition coefficient (Wildman–Crippen LogP) is 3.85. The Kier molecular flexibility index (Phi) is 3.71. The zero-order valence-electron chi connectivity index (χ0n) is 10.0. The highest BCUT2D eigenvalue weighted by Gasteiger charge is 2.07. The molecule has 86 valence electrons. The lowest BCUT2D eigenvalue weighted by Gasteiger charge is -2.05. The molecule has 1 aromatic rings. The van der Waals surface area contributed by atoms with Gasteiger partial charge in [0.15, 0.2) is 5.78 Å². The lowest BCUT2D eigenvalue weighted by Crippen LogP contribution is -2.01. The monoisotopic (exact) mass is 224 g/mol. The number of carbonyl (C=O) groups is 1. The van der Waals surface area contributed by atoms with E-state index in [1.165, 1.54) is 5.56 Å². The van der Waals surface area contributed by atoms with Crippen LogP contribution in [0.15, 0.2) is 54.1 Å². The van der Waals surface area contributed by atoms with Crippen LogP contribution in [0.4, 0.5) is 0 Å². The molecular formula is C16H16O. The Labute approximate surface area is 102 Å². The first kappa shape index (κ1) is 11.6. The summed E-state index contributed by atoms with van der Waals surface area (Å²) in [6.45, 7) is 2.07. The number of ketones is 1. The summed E-state index contributed by atoms with van der Waals surface area (Å²) in [5.74, 6) is 0.143. The molecule has 0 saturated heterocycles. The van der Waals surface area contributed by atoms with E-state index in [2.05, 4.69) is 31.2 Å². The molecule has 0 fully saturated rings. The topological polar surface area (TPSA) is 17.1 Å². The molecule has 0 aliphatic heterocycles. The van der Waals surface area contributed by atoms with E-state index < -0.39 is 0 Å². The maximum atomic E-state index is 11.5. The first-order valence-electron chi connectivity index (χ1n) is 5.90. The van der Waals surface area contributed by atoms with Crippen molar-refractivity contribution in [3.8, 4) is 0 Å². The van der Waals surface area contributed by atoms with Gasteiger partial charge in [-0.25, -0.2) is 0 Å². The fraction of sp³-hybridized carbons (Fsp3) is 0.188. The number of allylic oxidation sites excluding steroid dienone is 5. The standard InChI is InChI=1S/C16H16O/c1-13-9-11-14(12-10-13)5-4-7-15-6-2-3-8-16(15)17/h3-5,7-12H,2,6H2,1H3/b5-4+,15-7+. The molecule has 0 N–H and O–H groups in total. The van der Waals surface area contributed by atoms with E-state index in [1.807, 2.05) is 24.3 Å². The number of rotatable bonds is 2. The Hall–Kier alpha value is -1.89. The average molecular weight is 224 g/mol. The zero-order chi connectivity index (χ0) is 12.1. The van der Waals surface area contributed by atoms with Gasteiger partial charge in [0.05, 0.1) is 0 Å². The minimum atomic E-state index is 0.143. The smallest absolute Gasteiger partial charge is 0.181 e. The highest BCUT2D eigenvalue weighted by Crippen LogP contribution is 2.14. The summed E-state index contributed by atoms with van der Waals surface area (Å²) >= 11 is 0. The summed E-state index contributed by atoms with van der Waals surface area (Å²) in [5, 5.41) is 0. The van der Waals surface area contributed by atoms with Crippen molar-refractivity contribution < 1.29 is 4.79 Å². The molecule has 0 unspecified atom stereocenters. The molecule has 1 heteroatoms. The van der Waals surface area contributed by atoms with E-state index in [1.54, 1.807) is 6.08 Å². The molecule has 1 nitrogen and oxygen atoms in total. The highest BCUT2D eigenvalue weighted by molar-refractivity contribution is 6.04. The minimum Gasteiger partial charge on any atom is -0.290 e. The third-order valence-electron chi connectivity index (χ3n) is 2.83. The molecule has 0 spiro atoms. The van der Waals surface area contributed by atoms with Gasteiger partial charge in [-0.1, -0.05) is 54.1 Å². The molecule has 0 heterocycles. The van der Waals surface area contributed by atoms with Crippen molar-refractivity contribution in [1.29, 1.82) is 0 Å². The summed E-state index contributed by atoms with van der Waals surface area (Å²) in [7, 11) is 0. The minimum absolute atomic E-state index is 0.143. The van der Waals surface area contributed by atoms with Crippen LogP contribution in [-0.4, -0.2) is 5.78 Å². The first-order chi connectivity index (χ1) is 8.25. The summed E-state index contributed by atoms with van der Waals surface area (Å²) in [6.07, 6.45) is 11.3. The number of carbonyl (C=O) groups excluding carboxylic acids is 1.